The third-order valence-corrected chi connectivity index (χ3v) is 3.99. The van der Waals surface area contributed by atoms with Gasteiger partial charge < -0.3 is 15.4 Å². The highest BCUT2D eigenvalue weighted by atomic mass is 16.3. The standard InChI is InChI=1S/C18H19N7O/c1-11(26)8-22-18-20-6-4-15(23-18)14-10-25(2)24-16(14)13-7-12-3-5-19-17(12)21-9-13/h3-7,9-11,26H,8H2,1-2H3,(H,19,21)(H,20,22,23)/t11-/m0/s1. The molecule has 0 aliphatic heterocycles. The number of anilines is 1. The summed E-state index contributed by atoms with van der Waals surface area (Å²) in [6.45, 7) is 2.09. The summed E-state index contributed by atoms with van der Waals surface area (Å²) in [6, 6.07) is 5.88. The molecule has 0 aliphatic rings. The van der Waals surface area contributed by atoms with Gasteiger partial charge in [0, 0.05) is 54.9 Å². The van der Waals surface area contributed by atoms with Gasteiger partial charge in [0.1, 0.15) is 11.3 Å². The molecule has 0 aromatic carbocycles. The first-order valence-corrected chi connectivity index (χ1v) is 8.32. The first-order valence-electron chi connectivity index (χ1n) is 8.32. The van der Waals surface area contributed by atoms with E-state index in [4.69, 9.17) is 0 Å². The van der Waals surface area contributed by atoms with Gasteiger partial charge in [-0.3, -0.25) is 4.68 Å². The second-order valence-corrected chi connectivity index (χ2v) is 6.20. The van der Waals surface area contributed by atoms with E-state index in [0.717, 1.165) is 33.5 Å². The number of hydrogen-bond acceptors (Lipinski definition) is 6. The van der Waals surface area contributed by atoms with Crippen LogP contribution in [0, 0.1) is 0 Å². The lowest BCUT2D eigenvalue weighted by Crippen LogP contribution is -2.16. The maximum Gasteiger partial charge on any atom is 0.223 e. The maximum atomic E-state index is 9.42. The molecule has 4 rings (SSSR count). The normalized spacial score (nSPS) is 12.4. The number of aliphatic hydroxyl groups is 1. The van der Waals surface area contributed by atoms with Gasteiger partial charge >= 0.3 is 0 Å². The lowest BCUT2D eigenvalue weighted by Gasteiger charge is -2.08. The highest BCUT2D eigenvalue weighted by molar-refractivity contribution is 5.85. The minimum absolute atomic E-state index is 0.386. The number of aromatic amines is 1. The number of pyridine rings is 1. The topological polar surface area (TPSA) is 105 Å². The number of H-pyrrole nitrogens is 1. The van der Waals surface area contributed by atoms with Gasteiger partial charge in [0.25, 0.3) is 0 Å². The average molecular weight is 349 g/mol. The van der Waals surface area contributed by atoms with Gasteiger partial charge in [-0.2, -0.15) is 5.10 Å². The molecule has 4 aromatic rings. The molecular formula is C18H19N7O. The van der Waals surface area contributed by atoms with Gasteiger partial charge in [0.2, 0.25) is 5.95 Å². The lowest BCUT2D eigenvalue weighted by atomic mass is 10.1. The van der Waals surface area contributed by atoms with Crippen LogP contribution in [0.2, 0.25) is 0 Å². The SMILES string of the molecule is C[C@H](O)CNc1nccc(-c2cn(C)nc2-c2cnc3[nH]ccc3c2)n1. The molecule has 0 bridgehead atoms. The molecule has 0 unspecified atom stereocenters. The summed E-state index contributed by atoms with van der Waals surface area (Å²) in [4.78, 5) is 16.3. The van der Waals surface area contributed by atoms with E-state index in [9.17, 15) is 5.11 Å². The summed E-state index contributed by atoms with van der Waals surface area (Å²) in [5.41, 5.74) is 4.22. The van der Waals surface area contributed by atoms with E-state index in [-0.39, 0.29) is 0 Å². The molecule has 0 saturated carbocycles. The molecule has 0 amide bonds. The van der Waals surface area contributed by atoms with Crippen LogP contribution in [-0.4, -0.2) is 47.5 Å². The zero-order valence-corrected chi connectivity index (χ0v) is 14.5. The highest BCUT2D eigenvalue weighted by Crippen LogP contribution is 2.30. The van der Waals surface area contributed by atoms with Crippen LogP contribution in [0.4, 0.5) is 5.95 Å². The Hall–Kier alpha value is -3.26. The van der Waals surface area contributed by atoms with Crippen molar-refractivity contribution in [2.45, 2.75) is 13.0 Å². The van der Waals surface area contributed by atoms with Crippen molar-refractivity contribution in [2.75, 3.05) is 11.9 Å². The fourth-order valence-electron chi connectivity index (χ4n) is 2.79. The van der Waals surface area contributed by atoms with Crippen LogP contribution in [0.3, 0.4) is 0 Å². The smallest absolute Gasteiger partial charge is 0.223 e. The van der Waals surface area contributed by atoms with Crippen LogP contribution in [0.15, 0.2) is 43.0 Å². The summed E-state index contributed by atoms with van der Waals surface area (Å²) < 4.78 is 1.76. The fourth-order valence-corrected chi connectivity index (χ4v) is 2.79. The number of aryl methyl sites for hydroxylation is 1. The lowest BCUT2D eigenvalue weighted by molar-refractivity contribution is 0.208. The minimum Gasteiger partial charge on any atom is -0.392 e. The first kappa shape index (κ1) is 16.2. The van der Waals surface area contributed by atoms with Gasteiger partial charge in [-0.1, -0.05) is 0 Å². The molecule has 8 nitrogen and oxygen atoms in total. The number of aliphatic hydroxyl groups excluding tert-OH is 1. The second kappa shape index (κ2) is 6.57. The molecule has 26 heavy (non-hydrogen) atoms. The van der Waals surface area contributed by atoms with E-state index < -0.39 is 6.10 Å². The van der Waals surface area contributed by atoms with E-state index in [0.29, 0.717) is 12.5 Å². The summed E-state index contributed by atoms with van der Waals surface area (Å²) in [5.74, 6) is 0.470. The van der Waals surface area contributed by atoms with Gasteiger partial charge in [-0.25, -0.2) is 15.0 Å². The van der Waals surface area contributed by atoms with Crippen molar-refractivity contribution >= 4 is 17.0 Å². The molecule has 8 heteroatoms. The molecule has 1 atom stereocenters. The molecule has 132 valence electrons. The highest BCUT2D eigenvalue weighted by Gasteiger charge is 2.15. The van der Waals surface area contributed by atoms with Crippen LogP contribution >= 0.6 is 0 Å². The average Bonchev–Trinajstić information content (AvgIpc) is 3.25. The van der Waals surface area contributed by atoms with Crippen LogP contribution in [-0.2, 0) is 7.05 Å². The first-order chi connectivity index (χ1) is 12.6. The van der Waals surface area contributed by atoms with Gasteiger partial charge in [0.05, 0.1) is 11.8 Å². The van der Waals surface area contributed by atoms with Crippen LogP contribution in [0.25, 0.3) is 33.5 Å². The largest absolute Gasteiger partial charge is 0.392 e. The van der Waals surface area contributed by atoms with E-state index in [1.165, 1.54) is 0 Å². The number of nitrogens with zero attached hydrogens (tertiary/aromatic N) is 5. The minimum atomic E-state index is -0.477. The molecule has 0 aliphatic carbocycles. The number of hydrogen-bond donors (Lipinski definition) is 3. The Labute approximate surface area is 150 Å². The zero-order valence-electron chi connectivity index (χ0n) is 14.5. The quantitative estimate of drug-likeness (QED) is 0.510. The Balaban J connectivity index is 1.75. The van der Waals surface area contributed by atoms with Crippen LogP contribution in [0.5, 0.6) is 0 Å². The van der Waals surface area contributed by atoms with Crippen LogP contribution in [0.1, 0.15) is 6.92 Å². The molecular weight excluding hydrogens is 330 g/mol. The van der Waals surface area contributed by atoms with E-state index in [1.807, 2.05) is 31.6 Å². The molecule has 3 N–H and O–H groups in total. The number of fused-ring (bicyclic) bond motifs is 1. The number of nitrogens with one attached hydrogen (secondary N) is 2. The van der Waals surface area contributed by atoms with E-state index >= 15 is 0 Å². The monoisotopic (exact) mass is 349 g/mol. The second-order valence-electron chi connectivity index (χ2n) is 6.20. The molecule has 0 fully saturated rings. The Bertz CT molecular complexity index is 1050. The number of aromatic nitrogens is 6. The maximum absolute atomic E-state index is 9.42. The molecule has 0 spiro atoms. The van der Waals surface area contributed by atoms with E-state index in [2.05, 4.69) is 36.4 Å². The fraction of sp³-hybridized carbons (Fsp3) is 0.222. The summed E-state index contributed by atoms with van der Waals surface area (Å²) in [5, 5.41) is 18.1. The molecule has 4 aromatic heterocycles. The van der Waals surface area contributed by atoms with Crippen molar-refractivity contribution in [2.24, 2.45) is 7.05 Å². The van der Waals surface area contributed by atoms with Gasteiger partial charge in [-0.05, 0) is 25.1 Å². The van der Waals surface area contributed by atoms with E-state index in [1.54, 1.807) is 24.0 Å². The predicted octanol–water partition coefficient (Wildman–Crippen LogP) is 2.21. The van der Waals surface area contributed by atoms with Crippen molar-refractivity contribution in [1.82, 2.24) is 29.7 Å². The Morgan fingerprint density at radius 2 is 2.19 bits per heavy atom. The van der Waals surface area contributed by atoms with Gasteiger partial charge in [-0.15, -0.1) is 0 Å². The molecule has 0 radical (unpaired) electrons. The van der Waals surface area contributed by atoms with Crippen molar-refractivity contribution < 1.29 is 5.11 Å². The third kappa shape index (κ3) is 3.14. The zero-order chi connectivity index (χ0) is 18.1. The predicted molar refractivity (Wildman–Crippen MR) is 99.5 cm³/mol. The summed E-state index contributed by atoms with van der Waals surface area (Å²) >= 11 is 0. The summed E-state index contributed by atoms with van der Waals surface area (Å²) in [7, 11) is 1.88. The van der Waals surface area contributed by atoms with Crippen molar-refractivity contribution in [3.63, 3.8) is 0 Å². The third-order valence-electron chi connectivity index (χ3n) is 3.99. The van der Waals surface area contributed by atoms with Crippen molar-refractivity contribution in [1.29, 1.82) is 0 Å². The van der Waals surface area contributed by atoms with Gasteiger partial charge in [0.15, 0.2) is 0 Å². The Kier molecular flexibility index (Phi) is 4.10. The summed E-state index contributed by atoms with van der Waals surface area (Å²) in [6.07, 6.45) is 6.81. The number of rotatable bonds is 5. The van der Waals surface area contributed by atoms with Crippen LogP contribution < -0.4 is 5.32 Å². The Morgan fingerprint density at radius 3 is 3.04 bits per heavy atom. The van der Waals surface area contributed by atoms with Crippen molar-refractivity contribution in [3.8, 4) is 22.5 Å². The van der Waals surface area contributed by atoms with Crippen molar-refractivity contribution in [3.05, 3.63) is 43.0 Å². The Morgan fingerprint density at radius 1 is 1.31 bits per heavy atom. The molecule has 0 saturated heterocycles. The molecule has 4 heterocycles.